The lowest BCUT2D eigenvalue weighted by Gasteiger charge is -2.02. The van der Waals surface area contributed by atoms with Crippen LogP contribution >= 0.6 is 0 Å². The molecule has 0 amide bonds. The van der Waals surface area contributed by atoms with E-state index in [0.717, 1.165) is 10.9 Å². The molecule has 0 saturated heterocycles. The Morgan fingerprint density at radius 1 is 1.00 bits per heavy atom. The molecule has 0 atom stereocenters. The van der Waals surface area contributed by atoms with Gasteiger partial charge in [0.25, 0.3) is 0 Å². The van der Waals surface area contributed by atoms with Gasteiger partial charge in [-0.05, 0) is 24.8 Å². The lowest BCUT2D eigenvalue weighted by Crippen LogP contribution is -1.85. The van der Waals surface area contributed by atoms with E-state index in [-0.39, 0.29) is 5.82 Å². The third-order valence-electron chi connectivity index (χ3n) is 2.30. The number of fused-ring (bicyclic) bond motifs is 1. The van der Waals surface area contributed by atoms with Crippen LogP contribution in [0.3, 0.4) is 0 Å². The second-order valence-electron chi connectivity index (χ2n) is 3.42. The normalized spacial score (nSPS) is 10.7. The van der Waals surface area contributed by atoms with Crippen molar-refractivity contribution >= 4 is 10.8 Å². The van der Waals surface area contributed by atoms with Crippen LogP contribution in [-0.4, -0.2) is 0 Å². The Kier molecular flexibility index (Phi) is 1.80. The summed E-state index contributed by atoms with van der Waals surface area (Å²) in [6, 6.07) is 9.55. The summed E-state index contributed by atoms with van der Waals surface area (Å²) in [6.45, 7) is 3.80. The van der Waals surface area contributed by atoms with E-state index in [9.17, 15) is 4.39 Å². The van der Waals surface area contributed by atoms with Crippen molar-refractivity contribution < 1.29 is 4.39 Å². The highest BCUT2D eigenvalue weighted by Crippen LogP contribution is 2.21. The van der Waals surface area contributed by atoms with Crippen molar-refractivity contribution in [3.63, 3.8) is 0 Å². The molecule has 2 rings (SSSR count). The first-order chi connectivity index (χ1) is 6.18. The summed E-state index contributed by atoms with van der Waals surface area (Å²) in [6.07, 6.45) is 0. The van der Waals surface area contributed by atoms with Gasteiger partial charge in [0.1, 0.15) is 5.82 Å². The maximum absolute atomic E-state index is 13.5. The molecule has 0 nitrogen and oxygen atoms in total. The van der Waals surface area contributed by atoms with Crippen molar-refractivity contribution in [2.24, 2.45) is 0 Å². The Bertz CT molecular complexity index is 458. The zero-order chi connectivity index (χ0) is 9.42. The van der Waals surface area contributed by atoms with E-state index in [2.05, 4.69) is 0 Å². The number of hydrogen-bond donors (Lipinski definition) is 0. The van der Waals surface area contributed by atoms with Crippen LogP contribution in [0.5, 0.6) is 0 Å². The van der Waals surface area contributed by atoms with Crippen molar-refractivity contribution in [1.82, 2.24) is 0 Å². The van der Waals surface area contributed by atoms with Gasteiger partial charge >= 0.3 is 0 Å². The van der Waals surface area contributed by atoms with Crippen LogP contribution < -0.4 is 0 Å². The highest BCUT2D eigenvalue weighted by Gasteiger charge is 2.02. The van der Waals surface area contributed by atoms with Gasteiger partial charge < -0.3 is 0 Å². The minimum atomic E-state index is -0.0995. The second-order valence-corrected chi connectivity index (χ2v) is 3.42. The Balaban J connectivity index is 2.87. The molecule has 66 valence electrons. The first kappa shape index (κ1) is 8.24. The van der Waals surface area contributed by atoms with E-state index in [4.69, 9.17) is 0 Å². The number of aryl methyl sites for hydroxylation is 2. The summed E-state index contributed by atoms with van der Waals surface area (Å²) in [5.41, 5.74) is 1.87. The average Bonchev–Trinajstić information content (AvgIpc) is 2.12. The van der Waals surface area contributed by atoms with Gasteiger partial charge in [-0.1, -0.05) is 35.9 Å². The Morgan fingerprint density at radius 2 is 1.77 bits per heavy atom. The Hall–Kier alpha value is -1.37. The second kappa shape index (κ2) is 2.84. The Morgan fingerprint density at radius 3 is 2.54 bits per heavy atom. The van der Waals surface area contributed by atoms with Crippen LogP contribution in [0.2, 0.25) is 0 Å². The number of hydrogen-bond acceptors (Lipinski definition) is 0. The highest BCUT2D eigenvalue weighted by molar-refractivity contribution is 5.84. The van der Waals surface area contributed by atoms with Gasteiger partial charge in [-0.15, -0.1) is 0 Å². The summed E-state index contributed by atoms with van der Waals surface area (Å²) in [4.78, 5) is 0. The van der Waals surface area contributed by atoms with Crippen molar-refractivity contribution in [1.29, 1.82) is 0 Å². The minimum absolute atomic E-state index is 0.0995. The zero-order valence-electron chi connectivity index (χ0n) is 7.76. The largest absolute Gasteiger partial charge is 0.206 e. The fourth-order valence-electron chi connectivity index (χ4n) is 1.52. The molecule has 0 saturated carbocycles. The first-order valence-corrected chi connectivity index (χ1v) is 4.34. The predicted molar refractivity (Wildman–Crippen MR) is 53.4 cm³/mol. The van der Waals surface area contributed by atoms with Gasteiger partial charge in [-0.2, -0.15) is 0 Å². The quantitative estimate of drug-likeness (QED) is 0.572. The fourth-order valence-corrected chi connectivity index (χ4v) is 1.52. The topological polar surface area (TPSA) is 0 Å². The molecule has 0 aliphatic rings. The van der Waals surface area contributed by atoms with E-state index in [1.165, 1.54) is 0 Å². The van der Waals surface area contributed by atoms with Crippen LogP contribution in [0.4, 0.5) is 4.39 Å². The molecule has 0 aromatic heterocycles. The van der Waals surface area contributed by atoms with E-state index >= 15 is 0 Å². The summed E-state index contributed by atoms with van der Waals surface area (Å²) < 4.78 is 13.5. The number of rotatable bonds is 0. The smallest absolute Gasteiger partial charge is 0.133 e. The van der Waals surface area contributed by atoms with Gasteiger partial charge in [0.05, 0.1) is 0 Å². The molecule has 0 bridgehead atoms. The molecule has 2 aromatic carbocycles. The van der Waals surface area contributed by atoms with E-state index in [1.807, 2.05) is 37.3 Å². The molecular formula is C12H11F. The van der Waals surface area contributed by atoms with Crippen molar-refractivity contribution in [2.45, 2.75) is 13.8 Å². The maximum atomic E-state index is 13.5. The number of benzene rings is 2. The summed E-state index contributed by atoms with van der Waals surface area (Å²) in [7, 11) is 0. The van der Waals surface area contributed by atoms with E-state index in [1.54, 1.807) is 6.92 Å². The van der Waals surface area contributed by atoms with Gasteiger partial charge in [0.2, 0.25) is 0 Å². The summed E-state index contributed by atoms with van der Waals surface area (Å²) >= 11 is 0. The molecule has 0 fully saturated rings. The monoisotopic (exact) mass is 174 g/mol. The van der Waals surface area contributed by atoms with Crippen LogP contribution in [0.15, 0.2) is 30.3 Å². The van der Waals surface area contributed by atoms with Crippen molar-refractivity contribution in [2.75, 3.05) is 0 Å². The molecule has 0 aliphatic carbocycles. The highest BCUT2D eigenvalue weighted by atomic mass is 19.1. The van der Waals surface area contributed by atoms with E-state index in [0.29, 0.717) is 10.9 Å². The minimum Gasteiger partial charge on any atom is -0.206 e. The zero-order valence-corrected chi connectivity index (χ0v) is 7.76. The molecule has 2 aromatic rings. The van der Waals surface area contributed by atoms with Gasteiger partial charge in [-0.25, -0.2) is 4.39 Å². The third-order valence-corrected chi connectivity index (χ3v) is 2.30. The van der Waals surface area contributed by atoms with Gasteiger partial charge in [0.15, 0.2) is 0 Å². The molecule has 0 aliphatic heterocycles. The molecule has 1 heteroatoms. The molecular weight excluding hydrogens is 163 g/mol. The van der Waals surface area contributed by atoms with Gasteiger partial charge in [-0.3, -0.25) is 0 Å². The molecule has 13 heavy (non-hydrogen) atoms. The fraction of sp³-hybridized carbons (Fsp3) is 0.167. The van der Waals surface area contributed by atoms with Crippen LogP contribution in [-0.2, 0) is 0 Å². The average molecular weight is 174 g/mol. The molecule has 0 N–H and O–H groups in total. The molecule has 0 unspecified atom stereocenters. The standard InChI is InChI=1S/C12H11F/c1-8-3-6-11-10(7-8)5-4-9(2)12(11)13/h3-7H,1-2H3. The summed E-state index contributed by atoms with van der Waals surface area (Å²) in [5, 5.41) is 1.69. The van der Waals surface area contributed by atoms with E-state index < -0.39 is 0 Å². The Labute approximate surface area is 77.0 Å². The SMILES string of the molecule is Cc1ccc2c(F)c(C)ccc2c1. The van der Waals surface area contributed by atoms with Crippen LogP contribution in [0.25, 0.3) is 10.8 Å². The lowest BCUT2D eigenvalue weighted by molar-refractivity contribution is 0.630. The van der Waals surface area contributed by atoms with Gasteiger partial charge in [0, 0.05) is 5.39 Å². The molecule has 0 spiro atoms. The summed E-state index contributed by atoms with van der Waals surface area (Å²) in [5.74, 6) is -0.0995. The molecule has 0 radical (unpaired) electrons. The molecule has 0 heterocycles. The predicted octanol–water partition coefficient (Wildman–Crippen LogP) is 3.60. The first-order valence-electron chi connectivity index (χ1n) is 4.34. The third kappa shape index (κ3) is 1.31. The maximum Gasteiger partial charge on any atom is 0.133 e. The van der Waals surface area contributed by atoms with Crippen molar-refractivity contribution in [3.05, 3.63) is 47.3 Å². The number of halogens is 1. The lowest BCUT2D eigenvalue weighted by atomic mass is 10.0. The van der Waals surface area contributed by atoms with Crippen molar-refractivity contribution in [3.8, 4) is 0 Å². The van der Waals surface area contributed by atoms with Crippen LogP contribution in [0.1, 0.15) is 11.1 Å². The van der Waals surface area contributed by atoms with Crippen LogP contribution in [0, 0.1) is 19.7 Å².